The van der Waals surface area contributed by atoms with Gasteiger partial charge in [-0.05, 0) is 24.3 Å². The molecule has 2 rings (SSSR count). The van der Waals surface area contributed by atoms with E-state index in [0.29, 0.717) is 11.4 Å². The Balaban J connectivity index is 2.26. The summed E-state index contributed by atoms with van der Waals surface area (Å²) in [5.41, 5.74) is 0.598. The Morgan fingerprint density at radius 2 is 2.05 bits per heavy atom. The van der Waals surface area contributed by atoms with E-state index in [2.05, 4.69) is 14.9 Å². The Bertz CT molecular complexity index is 649. The third-order valence-electron chi connectivity index (χ3n) is 2.46. The lowest BCUT2D eigenvalue weighted by Gasteiger charge is -2.08. The molecule has 0 radical (unpaired) electrons. The van der Waals surface area contributed by atoms with Crippen LogP contribution in [0.1, 0.15) is 5.56 Å². The van der Waals surface area contributed by atoms with Gasteiger partial charge in [0.2, 0.25) is 0 Å². The van der Waals surface area contributed by atoms with Crippen LogP contribution in [-0.2, 0) is 16.6 Å². The van der Waals surface area contributed by atoms with Gasteiger partial charge in [-0.15, -0.1) is 0 Å². The Morgan fingerprint density at radius 3 is 2.63 bits per heavy atom. The number of benzene rings is 1. The number of ether oxygens (including phenoxy) is 1. The number of sulfonamides is 1. The SMILES string of the molecule is COc1ccc(NS(=O)(=O)c2[nH]ncc2CO)cc1. The molecule has 0 aliphatic heterocycles. The summed E-state index contributed by atoms with van der Waals surface area (Å²) in [6, 6.07) is 6.42. The Labute approximate surface area is 110 Å². The van der Waals surface area contributed by atoms with E-state index in [0.717, 1.165) is 0 Å². The van der Waals surface area contributed by atoms with Crippen molar-refractivity contribution in [3.63, 3.8) is 0 Å². The van der Waals surface area contributed by atoms with Crippen LogP contribution in [0.3, 0.4) is 0 Å². The first-order valence-electron chi connectivity index (χ1n) is 5.37. The summed E-state index contributed by atoms with van der Waals surface area (Å²) in [6.07, 6.45) is 1.27. The molecule has 1 aromatic carbocycles. The van der Waals surface area contributed by atoms with Crippen molar-refractivity contribution in [2.24, 2.45) is 0 Å². The summed E-state index contributed by atoms with van der Waals surface area (Å²) < 4.78 is 31.5. The van der Waals surface area contributed by atoms with E-state index >= 15 is 0 Å². The second kappa shape index (κ2) is 5.29. The molecule has 19 heavy (non-hydrogen) atoms. The quantitative estimate of drug-likeness (QED) is 0.749. The topological polar surface area (TPSA) is 104 Å². The standard InChI is InChI=1S/C11H13N3O4S/c1-18-10-4-2-9(3-5-10)14-19(16,17)11-8(7-15)6-12-13-11/h2-6,14-15H,7H2,1H3,(H,12,13). The van der Waals surface area contributed by atoms with Crippen molar-refractivity contribution in [3.8, 4) is 5.75 Å². The number of methoxy groups -OCH3 is 1. The van der Waals surface area contributed by atoms with Gasteiger partial charge in [0.25, 0.3) is 10.0 Å². The van der Waals surface area contributed by atoms with Gasteiger partial charge in [-0.2, -0.15) is 13.5 Å². The number of H-pyrrole nitrogens is 1. The minimum Gasteiger partial charge on any atom is -0.497 e. The molecule has 0 bridgehead atoms. The highest BCUT2D eigenvalue weighted by atomic mass is 32.2. The molecule has 1 aromatic heterocycles. The zero-order chi connectivity index (χ0) is 13.9. The highest BCUT2D eigenvalue weighted by molar-refractivity contribution is 7.92. The van der Waals surface area contributed by atoms with Crippen LogP contribution in [0.4, 0.5) is 5.69 Å². The van der Waals surface area contributed by atoms with Gasteiger partial charge in [-0.25, -0.2) is 0 Å². The van der Waals surface area contributed by atoms with Crippen LogP contribution in [0, 0.1) is 0 Å². The number of aromatic amines is 1. The molecule has 0 spiro atoms. The van der Waals surface area contributed by atoms with Crippen LogP contribution in [0.25, 0.3) is 0 Å². The van der Waals surface area contributed by atoms with E-state index in [9.17, 15) is 8.42 Å². The molecule has 0 aliphatic rings. The molecule has 0 amide bonds. The number of nitrogens with zero attached hydrogens (tertiary/aromatic N) is 1. The molecule has 0 saturated heterocycles. The number of anilines is 1. The van der Waals surface area contributed by atoms with Crippen molar-refractivity contribution in [2.75, 3.05) is 11.8 Å². The summed E-state index contributed by atoms with van der Waals surface area (Å²) >= 11 is 0. The maximum atomic E-state index is 12.1. The summed E-state index contributed by atoms with van der Waals surface area (Å²) in [6.45, 7) is -0.407. The lowest BCUT2D eigenvalue weighted by molar-refractivity contribution is 0.278. The Morgan fingerprint density at radius 1 is 1.37 bits per heavy atom. The number of nitrogens with one attached hydrogen (secondary N) is 2. The molecule has 3 N–H and O–H groups in total. The molecule has 0 atom stereocenters. The lowest BCUT2D eigenvalue weighted by Crippen LogP contribution is -2.15. The predicted octanol–water partition coefficient (Wildman–Crippen LogP) is 0.711. The second-order valence-corrected chi connectivity index (χ2v) is 5.34. The van der Waals surface area contributed by atoms with E-state index < -0.39 is 16.6 Å². The monoisotopic (exact) mass is 283 g/mol. The molecule has 0 aliphatic carbocycles. The molecule has 0 fully saturated rings. The number of hydrogen-bond acceptors (Lipinski definition) is 5. The van der Waals surface area contributed by atoms with Gasteiger partial charge in [0.15, 0.2) is 5.03 Å². The van der Waals surface area contributed by atoms with Crippen molar-refractivity contribution in [3.05, 3.63) is 36.0 Å². The van der Waals surface area contributed by atoms with Crippen molar-refractivity contribution >= 4 is 15.7 Å². The summed E-state index contributed by atoms with van der Waals surface area (Å²) in [5.74, 6) is 0.625. The Kier molecular flexibility index (Phi) is 3.72. The minimum atomic E-state index is -3.80. The third-order valence-corrected chi connectivity index (χ3v) is 3.85. The summed E-state index contributed by atoms with van der Waals surface area (Å²) in [7, 11) is -2.28. The Hall–Kier alpha value is -2.06. The number of hydrogen-bond donors (Lipinski definition) is 3. The normalized spacial score (nSPS) is 11.3. The third kappa shape index (κ3) is 2.85. The molecule has 1 heterocycles. The number of aromatic nitrogens is 2. The molecule has 2 aromatic rings. The second-order valence-electron chi connectivity index (χ2n) is 3.72. The van der Waals surface area contributed by atoms with Crippen molar-refractivity contribution in [1.29, 1.82) is 0 Å². The van der Waals surface area contributed by atoms with Gasteiger partial charge >= 0.3 is 0 Å². The minimum absolute atomic E-state index is 0.147. The molecule has 8 heteroatoms. The maximum absolute atomic E-state index is 12.1. The number of aliphatic hydroxyl groups is 1. The summed E-state index contributed by atoms with van der Waals surface area (Å²) in [5, 5.41) is 14.8. The van der Waals surface area contributed by atoms with Crippen LogP contribution >= 0.6 is 0 Å². The number of rotatable bonds is 5. The summed E-state index contributed by atoms with van der Waals surface area (Å²) in [4.78, 5) is 0. The van der Waals surface area contributed by atoms with Gasteiger partial charge in [0, 0.05) is 11.3 Å². The van der Waals surface area contributed by atoms with Gasteiger partial charge in [-0.3, -0.25) is 9.82 Å². The molecule has 7 nitrogen and oxygen atoms in total. The van der Waals surface area contributed by atoms with Crippen molar-refractivity contribution < 1.29 is 18.3 Å². The van der Waals surface area contributed by atoms with Gasteiger partial charge < -0.3 is 9.84 Å². The fourth-order valence-corrected chi connectivity index (χ4v) is 2.69. The molecular weight excluding hydrogens is 270 g/mol. The molecule has 0 saturated carbocycles. The number of aliphatic hydroxyl groups excluding tert-OH is 1. The first kappa shape index (κ1) is 13.4. The van der Waals surface area contributed by atoms with Crippen LogP contribution in [0.2, 0.25) is 0 Å². The van der Waals surface area contributed by atoms with Crippen LogP contribution in [-0.4, -0.2) is 30.8 Å². The molecular formula is C11H13N3O4S. The van der Waals surface area contributed by atoms with Gasteiger partial charge in [0.05, 0.1) is 19.9 Å². The zero-order valence-corrected chi connectivity index (χ0v) is 10.9. The van der Waals surface area contributed by atoms with E-state index in [-0.39, 0.29) is 10.6 Å². The molecule has 102 valence electrons. The predicted molar refractivity (Wildman–Crippen MR) is 68.3 cm³/mol. The van der Waals surface area contributed by atoms with Crippen LogP contribution < -0.4 is 9.46 Å². The van der Waals surface area contributed by atoms with Crippen molar-refractivity contribution in [2.45, 2.75) is 11.6 Å². The van der Waals surface area contributed by atoms with Crippen LogP contribution in [0.15, 0.2) is 35.5 Å². The smallest absolute Gasteiger partial charge is 0.279 e. The zero-order valence-electron chi connectivity index (χ0n) is 10.1. The largest absolute Gasteiger partial charge is 0.497 e. The maximum Gasteiger partial charge on any atom is 0.279 e. The fraction of sp³-hybridized carbons (Fsp3) is 0.182. The van der Waals surface area contributed by atoms with E-state index in [1.807, 2.05) is 0 Å². The first-order valence-corrected chi connectivity index (χ1v) is 6.85. The average molecular weight is 283 g/mol. The average Bonchev–Trinajstić information content (AvgIpc) is 2.88. The lowest BCUT2D eigenvalue weighted by atomic mass is 10.3. The van der Waals surface area contributed by atoms with Crippen molar-refractivity contribution in [1.82, 2.24) is 10.2 Å². The fourth-order valence-electron chi connectivity index (χ4n) is 1.51. The molecule has 0 unspecified atom stereocenters. The van der Waals surface area contributed by atoms with Crippen LogP contribution in [0.5, 0.6) is 5.75 Å². The van der Waals surface area contributed by atoms with Gasteiger partial charge in [-0.1, -0.05) is 0 Å². The highest BCUT2D eigenvalue weighted by Crippen LogP contribution is 2.19. The van der Waals surface area contributed by atoms with Gasteiger partial charge in [0.1, 0.15) is 5.75 Å². The van der Waals surface area contributed by atoms with E-state index in [1.54, 1.807) is 24.3 Å². The van der Waals surface area contributed by atoms with E-state index in [1.165, 1.54) is 13.3 Å². The first-order chi connectivity index (χ1) is 9.06. The van der Waals surface area contributed by atoms with E-state index in [4.69, 9.17) is 9.84 Å². The highest BCUT2D eigenvalue weighted by Gasteiger charge is 2.20.